The second-order valence-corrected chi connectivity index (χ2v) is 2.73. The third-order valence-electron chi connectivity index (χ3n) is 1.50. The summed E-state index contributed by atoms with van der Waals surface area (Å²) in [6.45, 7) is 3.38. The topological polar surface area (TPSA) is 26.3 Å². The van der Waals surface area contributed by atoms with Crippen molar-refractivity contribution in [3.05, 3.63) is 36.0 Å². The standard InChI is InChI=1S/C10H12O2/c1-8-5-3-4-6-10(7-8)12-9(2)11/h3-7,10H,1-2H3. The lowest BCUT2D eigenvalue weighted by Crippen LogP contribution is -2.10. The Labute approximate surface area is 72.2 Å². The van der Waals surface area contributed by atoms with Crippen LogP contribution in [0.4, 0.5) is 0 Å². The van der Waals surface area contributed by atoms with E-state index in [-0.39, 0.29) is 12.1 Å². The summed E-state index contributed by atoms with van der Waals surface area (Å²) in [5, 5.41) is 0. The zero-order chi connectivity index (χ0) is 8.97. The molecule has 0 aliphatic heterocycles. The number of ether oxygens (including phenoxy) is 1. The van der Waals surface area contributed by atoms with Crippen molar-refractivity contribution >= 4 is 5.97 Å². The van der Waals surface area contributed by atoms with Crippen LogP contribution in [0.5, 0.6) is 0 Å². The smallest absolute Gasteiger partial charge is 0.303 e. The lowest BCUT2D eigenvalue weighted by molar-refractivity contribution is -0.142. The SMILES string of the molecule is CC(=O)OC1C=CC=CC(C)=C1. The van der Waals surface area contributed by atoms with Gasteiger partial charge in [-0.1, -0.05) is 23.8 Å². The van der Waals surface area contributed by atoms with Crippen molar-refractivity contribution in [1.82, 2.24) is 0 Å². The van der Waals surface area contributed by atoms with Crippen LogP contribution in [-0.4, -0.2) is 12.1 Å². The highest BCUT2D eigenvalue weighted by Crippen LogP contribution is 2.07. The fourth-order valence-corrected chi connectivity index (χ4v) is 1.02. The first-order chi connectivity index (χ1) is 5.68. The minimum absolute atomic E-state index is 0.211. The summed E-state index contributed by atoms with van der Waals surface area (Å²) in [4.78, 5) is 10.6. The molecule has 64 valence electrons. The highest BCUT2D eigenvalue weighted by molar-refractivity contribution is 5.66. The molecule has 1 rings (SSSR count). The van der Waals surface area contributed by atoms with E-state index in [1.54, 1.807) is 0 Å². The molecular formula is C10H12O2. The average Bonchev–Trinajstić information content (AvgIpc) is 2.12. The van der Waals surface area contributed by atoms with Crippen molar-refractivity contribution in [3.8, 4) is 0 Å². The summed E-state index contributed by atoms with van der Waals surface area (Å²) in [5.41, 5.74) is 1.10. The van der Waals surface area contributed by atoms with Gasteiger partial charge >= 0.3 is 5.97 Å². The second-order valence-electron chi connectivity index (χ2n) is 2.73. The first-order valence-electron chi connectivity index (χ1n) is 3.89. The van der Waals surface area contributed by atoms with Gasteiger partial charge in [-0.25, -0.2) is 0 Å². The molecule has 0 N–H and O–H groups in total. The minimum Gasteiger partial charge on any atom is -0.454 e. The first-order valence-corrected chi connectivity index (χ1v) is 3.89. The Kier molecular flexibility index (Phi) is 2.86. The van der Waals surface area contributed by atoms with Gasteiger partial charge in [0.15, 0.2) is 0 Å². The van der Waals surface area contributed by atoms with E-state index in [4.69, 9.17) is 4.74 Å². The predicted molar refractivity (Wildman–Crippen MR) is 47.6 cm³/mol. The molecule has 0 bridgehead atoms. The van der Waals surface area contributed by atoms with Crippen LogP contribution in [0.1, 0.15) is 13.8 Å². The third kappa shape index (κ3) is 2.74. The van der Waals surface area contributed by atoms with E-state index in [2.05, 4.69) is 0 Å². The monoisotopic (exact) mass is 164 g/mol. The molecule has 12 heavy (non-hydrogen) atoms. The number of hydrogen-bond donors (Lipinski definition) is 0. The molecule has 0 saturated heterocycles. The van der Waals surface area contributed by atoms with E-state index in [1.807, 2.05) is 37.3 Å². The highest BCUT2D eigenvalue weighted by Gasteiger charge is 2.04. The summed E-state index contributed by atoms with van der Waals surface area (Å²) in [6, 6.07) is 0. The van der Waals surface area contributed by atoms with Gasteiger partial charge in [-0.05, 0) is 19.1 Å². The van der Waals surface area contributed by atoms with Crippen molar-refractivity contribution in [2.24, 2.45) is 0 Å². The largest absolute Gasteiger partial charge is 0.454 e. The van der Waals surface area contributed by atoms with Crippen LogP contribution in [-0.2, 0) is 9.53 Å². The molecule has 2 nitrogen and oxygen atoms in total. The third-order valence-corrected chi connectivity index (χ3v) is 1.50. The lowest BCUT2D eigenvalue weighted by Gasteiger charge is -2.07. The zero-order valence-electron chi connectivity index (χ0n) is 7.28. The van der Waals surface area contributed by atoms with Gasteiger partial charge in [-0.2, -0.15) is 0 Å². The number of carbonyl (C=O) groups excluding carboxylic acids is 1. The number of allylic oxidation sites excluding steroid dienone is 4. The molecule has 1 unspecified atom stereocenters. The Bertz CT molecular complexity index is 259. The van der Waals surface area contributed by atoms with E-state index >= 15 is 0 Å². The number of hydrogen-bond acceptors (Lipinski definition) is 2. The summed E-state index contributed by atoms with van der Waals surface area (Å²) < 4.78 is 5.00. The van der Waals surface area contributed by atoms with Crippen LogP contribution < -0.4 is 0 Å². The maximum atomic E-state index is 10.6. The number of esters is 1. The van der Waals surface area contributed by atoms with Crippen LogP contribution in [0, 0.1) is 0 Å². The highest BCUT2D eigenvalue weighted by atomic mass is 16.5. The van der Waals surface area contributed by atoms with Crippen molar-refractivity contribution in [2.45, 2.75) is 20.0 Å². The van der Waals surface area contributed by atoms with Crippen LogP contribution in [0.15, 0.2) is 36.0 Å². The summed E-state index contributed by atoms with van der Waals surface area (Å²) in [7, 11) is 0. The maximum absolute atomic E-state index is 10.6. The van der Waals surface area contributed by atoms with Crippen molar-refractivity contribution < 1.29 is 9.53 Å². The molecule has 1 aliphatic rings. The molecule has 0 aromatic carbocycles. The molecule has 0 amide bonds. The average molecular weight is 164 g/mol. The normalized spacial score (nSPS) is 21.5. The van der Waals surface area contributed by atoms with Gasteiger partial charge in [0, 0.05) is 6.92 Å². The van der Waals surface area contributed by atoms with Gasteiger partial charge in [0.25, 0.3) is 0 Å². The molecule has 0 aromatic rings. The van der Waals surface area contributed by atoms with E-state index < -0.39 is 0 Å². The second kappa shape index (κ2) is 3.90. The van der Waals surface area contributed by atoms with Gasteiger partial charge < -0.3 is 4.74 Å². The van der Waals surface area contributed by atoms with Gasteiger partial charge in [0.2, 0.25) is 0 Å². The van der Waals surface area contributed by atoms with E-state index in [1.165, 1.54) is 6.92 Å². The molecule has 1 aliphatic carbocycles. The molecular weight excluding hydrogens is 152 g/mol. The fourth-order valence-electron chi connectivity index (χ4n) is 1.02. The maximum Gasteiger partial charge on any atom is 0.303 e. The Balaban J connectivity index is 2.66. The predicted octanol–water partition coefficient (Wildman–Crippen LogP) is 1.99. The van der Waals surface area contributed by atoms with Crippen LogP contribution >= 0.6 is 0 Å². The summed E-state index contributed by atoms with van der Waals surface area (Å²) in [6.07, 6.45) is 9.31. The van der Waals surface area contributed by atoms with Crippen LogP contribution in [0.2, 0.25) is 0 Å². The molecule has 0 fully saturated rings. The molecule has 0 spiro atoms. The fraction of sp³-hybridized carbons (Fsp3) is 0.300. The van der Waals surface area contributed by atoms with Crippen molar-refractivity contribution in [2.75, 3.05) is 0 Å². The van der Waals surface area contributed by atoms with Gasteiger partial charge in [0.05, 0.1) is 0 Å². The number of carbonyl (C=O) groups is 1. The summed E-state index contributed by atoms with van der Waals surface area (Å²) in [5.74, 6) is -0.254. The Morgan fingerprint density at radius 3 is 2.92 bits per heavy atom. The minimum atomic E-state index is -0.254. The number of rotatable bonds is 1. The zero-order valence-corrected chi connectivity index (χ0v) is 7.28. The van der Waals surface area contributed by atoms with Crippen molar-refractivity contribution in [1.29, 1.82) is 0 Å². The molecule has 0 aromatic heterocycles. The van der Waals surface area contributed by atoms with Gasteiger partial charge in [-0.3, -0.25) is 4.79 Å². The van der Waals surface area contributed by atoms with Gasteiger partial charge in [-0.15, -0.1) is 0 Å². The van der Waals surface area contributed by atoms with Gasteiger partial charge in [0.1, 0.15) is 6.10 Å². The van der Waals surface area contributed by atoms with Crippen LogP contribution in [0.3, 0.4) is 0 Å². The lowest BCUT2D eigenvalue weighted by atomic mass is 10.2. The Hall–Kier alpha value is -1.31. The van der Waals surface area contributed by atoms with Crippen molar-refractivity contribution in [3.63, 3.8) is 0 Å². The first kappa shape index (κ1) is 8.78. The molecule has 0 heterocycles. The molecule has 2 heteroatoms. The Morgan fingerprint density at radius 2 is 2.25 bits per heavy atom. The molecule has 1 atom stereocenters. The van der Waals surface area contributed by atoms with E-state index in [0.717, 1.165) is 5.57 Å². The summed E-state index contributed by atoms with van der Waals surface area (Å²) >= 11 is 0. The Morgan fingerprint density at radius 1 is 1.50 bits per heavy atom. The molecule has 0 saturated carbocycles. The van der Waals surface area contributed by atoms with E-state index in [0.29, 0.717) is 0 Å². The quantitative estimate of drug-likeness (QED) is 0.554. The van der Waals surface area contributed by atoms with Crippen LogP contribution in [0.25, 0.3) is 0 Å². The van der Waals surface area contributed by atoms with E-state index in [9.17, 15) is 4.79 Å². The molecule has 0 radical (unpaired) electrons.